The van der Waals surface area contributed by atoms with E-state index in [0.29, 0.717) is 18.4 Å². The number of ether oxygens (including phenoxy) is 1. The van der Waals surface area contributed by atoms with Crippen LogP contribution in [0.15, 0.2) is 0 Å². The number of methoxy groups -OCH3 is 1. The second kappa shape index (κ2) is 5.22. The maximum absolute atomic E-state index is 10.9. The van der Waals surface area contributed by atoms with Gasteiger partial charge in [0.1, 0.15) is 0 Å². The van der Waals surface area contributed by atoms with Crippen molar-refractivity contribution in [1.29, 1.82) is 0 Å². The van der Waals surface area contributed by atoms with Crippen molar-refractivity contribution in [3.05, 3.63) is 0 Å². The van der Waals surface area contributed by atoms with Crippen LogP contribution in [0.2, 0.25) is 0 Å². The van der Waals surface area contributed by atoms with Gasteiger partial charge in [-0.15, -0.1) is 0 Å². The van der Waals surface area contributed by atoms with E-state index in [0.717, 1.165) is 13.0 Å². The second-order valence-electron chi connectivity index (χ2n) is 3.87. The molecule has 0 aromatic heterocycles. The molecule has 3 nitrogen and oxygen atoms in total. The summed E-state index contributed by atoms with van der Waals surface area (Å²) in [5.74, 6) is 0.578. The summed E-state index contributed by atoms with van der Waals surface area (Å²) in [6, 6.07) is 0.648. The third kappa shape index (κ3) is 3.77. The number of rotatable bonds is 3. The molecule has 0 bridgehead atoms. The summed E-state index contributed by atoms with van der Waals surface area (Å²) in [6.07, 6.45) is 4.00. The first-order valence-corrected chi connectivity index (χ1v) is 5.02. The maximum atomic E-state index is 10.9. The number of carbonyl (C=O) groups excluding carboxylic acids is 1. The molecule has 0 aromatic rings. The van der Waals surface area contributed by atoms with E-state index in [2.05, 4.69) is 17.0 Å². The van der Waals surface area contributed by atoms with E-state index in [1.807, 2.05) is 0 Å². The molecule has 3 heteroatoms. The van der Waals surface area contributed by atoms with Crippen molar-refractivity contribution in [2.45, 2.75) is 38.6 Å². The summed E-state index contributed by atoms with van der Waals surface area (Å²) in [7, 11) is 1.45. The van der Waals surface area contributed by atoms with Crippen LogP contribution >= 0.6 is 0 Å². The Morgan fingerprint density at radius 3 is 2.85 bits per heavy atom. The van der Waals surface area contributed by atoms with Gasteiger partial charge in [0.2, 0.25) is 0 Å². The van der Waals surface area contributed by atoms with Crippen LogP contribution in [-0.2, 0) is 9.53 Å². The molecule has 0 spiro atoms. The number of carbonyl (C=O) groups is 1. The minimum absolute atomic E-state index is 0.0846. The van der Waals surface area contributed by atoms with Crippen LogP contribution in [0.1, 0.15) is 32.6 Å². The Morgan fingerprint density at radius 1 is 1.54 bits per heavy atom. The first-order chi connectivity index (χ1) is 6.22. The van der Waals surface area contributed by atoms with Crippen molar-refractivity contribution < 1.29 is 9.53 Å². The van der Waals surface area contributed by atoms with Gasteiger partial charge in [-0.25, -0.2) is 0 Å². The van der Waals surface area contributed by atoms with Crippen molar-refractivity contribution in [3.63, 3.8) is 0 Å². The van der Waals surface area contributed by atoms with Crippen molar-refractivity contribution >= 4 is 5.97 Å². The Morgan fingerprint density at radius 2 is 2.31 bits per heavy atom. The predicted octanol–water partition coefficient (Wildman–Crippen LogP) is 1.33. The molecular formula is C10H19NO2. The fraction of sp³-hybridized carbons (Fsp3) is 0.900. The number of esters is 1. The topological polar surface area (TPSA) is 38.3 Å². The first-order valence-electron chi connectivity index (χ1n) is 5.02. The number of piperidine rings is 1. The lowest BCUT2D eigenvalue weighted by Gasteiger charge is -2.27. The molecule has 1 aliphatic heterocycles. The maximum Gasteiger partial charge on any atom is 0.305 e. The summed E-state index contributed by atoms with van der Waals surface area (Å²) in [5.41, 5.74) is 0. The first kappa shape index (κ1) is 10.5. The minimum Gasteiger partial charge on any atom is -0.469 e. The SMILES string of the molecule is COC(=O)CCC1CCC(C)NC1. The van der Waals surface area contributed by atoms with Crippen LogP contribution in [0.4, 0.5) is 0 Å². The van der Waals surface area contributed by atoms with Crippen LogP contribution in [0.25, 0.3) is 0 Å². The van der Waals surface area contributed by atoms with Gasteiger partial charge in [0.15, 0.2) is 0 Å². The average Bonchev–Trinajstić information content (AvgIpc) is 2.16. The quantitative estimate of drug-likeness (QED) is 0.674. The highest BCUT2D eigenvalue weighted by Gasteiger charge is 2.18. The molecular weight excluding hydrogens is 166 g/mol. The molecule has 0 radical (unpaired) electrons. The molecule has 1 aliphatic rings. The van der Waals surface area contributed by atoms with Crippen molar-refractivity contribution in [2.24, 2.45) is 5.92 Å². The molecule has 13 heavy (non-hydrogen) atoms. The zero-order valence-electron chi connectivity index (χ0n) is 8.51. The van der Waals surface area contributed by atoms with Gasteiger partial charge in [0, 0.05) is 12.5 Å². The molecule has 0 aromatic carbocycles. The van der Waals surface area contributed by atoms with Gasteiger partial charge >= 0.3 is 5.97 Å². The summed E-state index contributed by atoms with van der Waals surface area (Å²) < 4.78 is 4.60. The normalized spacial score (nSPS) is 28.5. The highest BCUT2D eigenvalue weighted by Crippen LogP contribution is 2.18. The van der Waals surface area contributed by atoms with Crippen molar-refractivity contribution in [2.75, 3.05) is 13.7 Å². The van der Waals surface area contributed by atoms with Gasteiger partial charge in [-0.2, -0.15) is 0 Å². The third-order valence-corrected chi connectivity index (χ3v) is 2.75. The van der Waals surface area contributed by atoms with Gasteiger partial charge in [0.25, 0.3) is 0 Å². The Bertz CT molecular complexity index is 162. The van der Waals surface area contributed by atoms with E-state index in [-0.39, 0.29) is 5.97 Å². The molecule has 1 N–H and O–H groups in total. The van der Waals surface area contributed by atoms with Gasteiger partial charge in [-0.05, 0) is 38.6 Å². The van der Waals surface area contributed by atoms with E-state index in [9.17, 15) is 4.79 Å². The standard InChI is InChI=1S/C10H19NO2/c1-8-3-4-9(7-11-8)5-6-10(12)13-2/h8-9,11H,3-7H2,1-2H3. The van der Waals surface area contributed by atoms with E-state index >= 15 is 0 Å². The van der Waals surface area contributed by atoms with Gasteiger partial charge in [0.05, 0.1) is 7.11 Å². The van der Waals surface area contributed by atoms with Crippen LogP contribution in [0, 0.1) is 5.92 Å². The summed E-state index contributed by atoms with van der Waals surface area (Å²) in [4.78, 5) is 10.9. The van der Waals surface area contributed by atoms with Crippen molar-refractivity contribution in [1.82, 2.24) is 5.32 Å². The smallest absolute Gasteiger partial charge is 0.305 e. The lowest BCUT2D eigenvalue weighted by atomic mass is 9.92. The molecule has 0 aliphatic carbocycles. The number of hydrogen-bond acceptors (Lipinski definition) is 3. The Labute approximate surface area is 79.8 Å². The van der Waals surface area contributed by atoms with Gasteiger partial charge in [-0.1, -0.05) is 0 Å². The summed E-state index contributed by atoms with van der Waals surface area (Å²) >= 11 is 0. The van der Waals surface area contributed by atoms with Crippen LogP contribution in [-0.4, -0.2) is 25.7 Å². The number of hydrogen-bond donors (Lipinski definition) is 1. The van der Waals surface area contributed by atoms with E-state index in [1.165, 1.54) is 20.0 Å². The molecule has 1 saturated heterocycles. The monoisotopic (exact) mass is 185 g/mol. The second-order valence-corrected chi connectivity index (χ2v) is 3.87. The molecule has 1 fully saturated rings. The molecule has 0 amide bonds. The van der Waals surface area contributed by atoms with E-state index in [1.54, 1.807) is 0 Å². The van der Waals surface area contributed by atoms with Crippen LogP contribution in [0.5, 0.6) is 0 Å². The Balaban J connectivity index is 2.12. The Kier molecular flexibility index (Phi) is 4.22. The zero-order valence-corrected chi connectivity index (χ0v) is 8.51. The highest BCUT2D eigenvalue weighted by molar-refractivity contribution is 5.69. The third-order valence-electron chi connectivity index (χ3n) is 2.75. The van der Waals surface area contributed by atoms with E-state index in [4.69, 9.17) is 0 Å². The molecule has 76 valence electrons. The predicted molar refractivity (Wildman–Crippen MR) is 51.4 cm³/mol. The number of nitrogens with one attached hydrogen (secondary N) is 1. The zero-order chi connectivity index (χ0) is 9.68. The fourth-order valence-electron chi connectivity index (χ4n) is 1.73. The van der Waals surface area contributed by atoms with Crippen molar-refractivity contribution in [3.8, 4) is 0 Å². The van der Waals surface area contributed by atoms with Crippen LogP contribution < -0.4 is 5.32 Å². The van der Waals surface area contributed by atoms with Gasteiger partial charge in [-0.3, -0.25) is 4.79 Å². The van der Waals surface area contributed by atoms with Crippen LogP contribution in [0.3, 0.4) is 0 Å². The Hall–Kier alpha value is -0.570. The molecule has 1 rings (SSSR count). The lowest BCUT2D eigenvalue weighted by molar-refractivity contribution is -0.141. The highest BCUT2D eigenvalue weighted by atomic mass is 16.5. The largest absolute Gasteiger partial charge is 0.469 e. The molecule has 1 heterocycles. The summed E-state index contributed by atoms with van der Waals surface area (Å²) in [6.45, 7) is 3.26. The average molecular weight is 185 g/mol. The lowest BCUT2D eigenvalue weighted by Crippen LogP contribution is -2.36. The molecule has 2 atom stereocenters. The van der Waals surface area contributed by atoms with E-state index < -0.39 is 0 Å². The minimum atomic E-state index is -0.0846. The molecule has 2 unspecified atom stereocenters. The van der Waals surface area contributed by atoms with Gasteiger partial charge < -0.3 is 10.1 Å². The molecule has 0 saturated carbocycles. The fourth-order valence-corrected chi connectivity index (χ4v) is 1.73. The summed E-state index contributed by atoms with van der Waals surface area (Å²) in [5, 5.41) is 3.42.